The quantitative estimate of drug-likeness (QED) is 0.804. The van der Waals surface area contributed by atoms with Gasteiger partial charge in [-0.1, -0.05) is 18.2 Å². The van der Waals surface area contributed by atoms with Gasteiger partial charge < -0.3 is 9.80 Å². The van der Waals surface area contributed by atoms with Crippen molar-refractivity contribution in [1.82, 2.24) is 25.1 Å². The van der Waals surface area contributed by atoms with Gasteiger partial charge in [0, 0.05) is 37.7 Å². The van der Waals surface area contributed by atoms with Crippen molar-refractivity contribution >= 4 is 17.5 Å². The van der Waals surface area contributed by atoms with Crippen molar-refractivity contribution < 1.29 is 9.59 Å². The van der Waals surface area contributed by atoms with Crippen LogP contribution < -0.4 is 4.90 Å². The highest BCUT2D eigenvalue weighted by Gasteiger charge is 2.33. The van der Waals surface area contributed by atoms with Gasteiger partial charge in [-0.3, -0.25) is 9.59 Å². The number of likely N-dealkylation sites (tertiary alicyclic amines) is 1. The maximum Gasteiger partial charge on any atom is 0.248 e. The normalized spacial score (nSPS) is 19.5. The van der Waals surface area contributed by atoms with E-state index in [-0.39, 0.29) is 24.3 Å². The van der Waals surface area contributed by atoms with Gasteiger partial charge in [0.2, 0.25) is 11.8 Å². The molecular formula is C17H20N6O2. The van der Waals surface area contributed by atoms with E-state index in [1.54, 1.807) is 0 Å². The Morgan fingerprint density at radius 2 is 2.16 bits per heavy atom. The minimum atomic E-state index is -0.0282. The summed E-state index contributed by atoms with van der Waals surface area (Å²) < 4.78 is 1.43. The Kier molecular flexibility index (Phi) is 4.17. The van der Waals surface area contributed by atoms with Crippen molar-refractivity contribution in [2.45, 2.75) is 31.7 Å². The van der Waals surface area contributed by atoms with E-state index in [4.69, 9.17) is 0 Å². The molecule has 1 fully saturated rings. The first-order valence-electron chi connectivity index (χ1n) is 8.60. The summed E-state index contributed by atoms with van der Waals surface area (Å²) in [6, 6.07) is 8.01. The molecule has 1 unspecified atom stereocenters. The lowest BCUT2D eigenvalue weighted by molar-refractivity contribution is -0.127. The molecule has 0 aliphatic carbocycles. The van der Waals surface area contributed by atoms with Crippen LogP contribution in [0.2, 0.25) is 0 Å². The van der Waals surface area contributed by atoms with Gasteiger partial charge in [-0.05, 0) is 34.9 Å². The summed E-state index contributed by atoms with van der Waals surface area (Å²) in [6.45, 7) is 2.38. The lowest BCUT2D eigenvalue weighted by atomic mass is 9.98. The fourth-order valence-electron chi connectivity index (χ4n) is 3.71. The van der Waals surface area contributed by atoms with Crippen molar-refractivity contribution in [3.63, 3.8) is 0 Å². The van der Waals surface area contributed by atoms with Crippen LogP contribution in [0.25, 0.3) is 0 Å². The molecule has 1 aromatic carbocycles. The average molecular weight is 340 g/mol. The first kappa shape index (κ1) is 15.7. The zero-order valence-corrected chi connectivity index (χ0v) is 13.9. The Labute approximate surface area is 145 Å². The van der Waals surface area contributed by atoms with Crippen LogP contribution in [-0.4, -0.2) is 56.6 Å². The number of aromatic nitrogens is 4. The Bertz CT molecular complexity index is 775. The Morgan fingerprint density at radius 1 is 1.28 bits per heavy atom. The van der Waals surface area contributed by atoms with E-state index in [1.807, 2.05) is 28.0 Å². The van der Waals surface area contributed by atoms with E-state index in [9.17, 15) is 9.59 Å². The summed E-state index contributed by atoms with van der Waals surface area (Å²) in [5.74, 6) is 0.472. The number of hydrogen-bond acceptors (Lipinski definition) is 5. The number of hydrogen-bond donors (Lipinski definition) is 0. The Balaban J connectivity index is 1.47. The second-order valence-electron chi connectivity index (χ2n) is 6.54. The molecule has 25 heavy (non-hydrogen) atoms. The maximum absolute atomic E-state index is 12.7. The largest absolute Gasteiger partial charge is 0.343 e. The zero-order chi connectivity index (χ0) is 17.2. The van der Waals surface area contributed by atoms with E-state index in [2.05, 4.69) is 21.6 Å². The van der Waals surface area contributed by atoms with Crippen molar-refractivity contribution in [2.24, 2.45) is 0 Å². The molecule has 2 aliphatic heterocycles. The number of para-hydroxylation sites is 1. The van der Waals surface area contributed by atoms with Crippen LogP contribution in [0.5, 0.6) is 0 Å². The standard InChI is InChI=1S/C17H20N6O2/c24-16-6-3-8-21(16)9-7-13-10-23(15-5-2-1-4-14(13)15)17(25)11-22-12-18-19-20-22/h1-2,4-5,12-13H,3,6-11H2. The van der Waals surface area contributed by atoms with E-state index >= 15 is 0 Å². The molecule has 1 saturated heterocycles. The van der Waals surface area contributed by atoms with Crippen LogP contribution in [-0.2, 0) is 16.1 Å². The first-order valence-corrected chi connectivity index (χ1v) is 8.60. The number of fused-ring (bicyclic) bond motifs is 1. The predicted octanol–water partition coefficient (Wildman–Crippen LogP) is 0.816. The topological polar surface area (TPSA) is 84.2 Å². The molecule has 8 heteroatoms. The molecule has 1 atom stereocenters. The van der Waals surface area contributed by atoms with Crippen LogP contribution in [0.15, 0.2) is 30.6 Å². The molecule has 2 aromatic rings. The van der Waals surface area contributed by atoms with Gasteiger partial charge in [-0.25, -0.2) is 4.68 Å². The van der Waals surface area contributed by atoms with Crippen molar-refractivity contribution in [1.29, 1.82) is 0 Å². The average Bonchev–Trinajstić information content (AvgIpc) is 3.34. The number of carbonyl (C=O) groups excluding carboxylic acids is 2. The van der Waals surface area contributed by atoms with Gasteiger partial charge in [0.25, 0.3) is 0 Å². The molecule has 4 rings (SSSR count). The fourth-order valence-corrected chi connectivity index (χ4v) is 3.71. The monoisotopic (exact) mass is 340 g/mol. The summed E-state index contributed by atoms with van der Waals surface area (Å²) in [4.78, 5) is 28.2. The Morgan fingerprint density at radius 3 is 2.92 bits per heavy atom. The number of benzene rings is 1. The van der Waals surface area contributed by atoms with Gasteiger partial charge in [0.05, 0.1) is 0 Å². The predicted molar refractivity (Wildman–Crippen MR) is 89.8 cm³/mol. The van der Waals surface area contributed by atoms with Crippen LogP contribution >= 0.6 is 0 Å². The Hall–Kier alpha value is -2.77. The third-order valence-corrected chi connectivity index (χ3v) is 4.98. The zero-order valence-electron chi connectivity index (χ0n) is 13.9. The smallest absolute Gasteiger partial charge is 0.248 e. The van der Waals surface area contributed by atoms with Gasteiger partial charge >= 0.3 is 0 Å². The van der Waals surface area contributed by atoms with Crippen LogP contribution in [0.1, 0.15) is 30.7 Å². The second kappa shape index (κ2) is 6.62. The van der Waals surface area contributed by atoms with Gasteiger partial charge in [0.1, 0.15) is 12.9 Å². The van der Waals surface area contributed by atoms with Crippen LogP contribution in [0.4, 0.5) is 5.69 Å². The summed E-state index contributed by atoms with van der Waals surface area (Å²) in [6.07, 6.45) is 3.93. The minimum Gasteiger partial charge on any atom is -0.343 e. The number of rotatable bonds is 5. The third kappa shape index (κ3) is 3.11. The van der Waals surface area contributed by atoms with Crippen LogP contribution in [0, 0.1) is 0 Å². The SMILES string of the molecule is O=C1CCCN1CCC1CN(C(=O)Cn2cnnn2)c2ccccc21. The number of anilines is 1. The summed E-state index contributed by atoms with van der Waals surface area (Å²) in [7, 11) is 0. The summed E-state index contributed by atoms with van der Waals surface area (Å²) >= 11 is 0. The molecule has 2 amide bonds. The molecule has 8 nitrogen and oxygen atoms in total. The molecule has 3 heterocycles. The summed E-state index contributed by atoms with van der Waals surface area (Å²) in [5, 5.41) is 10.9. The van der Waals surface area contributed by atoms with Gasteiger partial charge in [0.15, 0.2) is 0 Å². The van der Waals surface area contributed by atoms with E-state index in [1.165, 1.54) is 16.6 Å². The molecule has 0 saturated carbocycles. The van der Waals surface area contributed by atoms with Gasteiger partial charge in [-0.15, -0.1) is 5.10 Å². The number of carbonyl (C=O) groups is 2. The molecule has 0 radical (unpaired) electrons. The lowest BCUT2D eigenvalue weighted by Gasteiger charge is -2.20. The van der Waals surface area contributed by atoms with Crippen molar-refractivity contribution in [3.8, 4) is 0 Å². The number of nitrogens with zero attached hydrogens (tertiary/aromatic N) is 6. The molecule has 2 aliphatic rings. The minimum absolute atomic E-state index is 0.0282. The molecule has 0 N–H and O–H groups in total. The third-order valence-electron chi connectivity index (χ3n) is 4.98. The molecule has 0 spiro atoms. The fraction of sp³-hybridized carbons (Fsp3) is 0.471. The first-order chi connectivity index (χ1) is 12.2. The van der Waals surface area contributed by atoms with E-state index in [0.29, 0.717) is 13.0 Å². The molecular weight excluding hydrogens is 320 g/mol. The highest BCUT2D eigenvalue weighted by atomic mass is 16.2. The summed E-state index contributed by atoms with van der Waals surface area (Å²) in [5.41, 5.74) is 2.14. The van der Waals surface area contributed by atoms with E-state index in [0.717, 1.165) is 31.6 Å². The highest BCUT2D eigenvalue weighted by Crippen LogP contribution is 2.38. The number of amides is 2. The van der Waals surface area contributed by atoms with Crippen molar-refractivity contribution in [3.05, 3.63) is 36.2 Å². The molecule has 1 aromatic heterocycles. The highest BCUT2D eigenvalue weighted by molar-refractivity contribution is 5.95. The van der Waals surface area contributed by atoms with Crippen molar-refractivity contribution in [2.75, 3.05) is 24.5 Å². The van der Waals surface area contributed by atoms with Gasteiger partial charge in [-0.2, -0.15) is 0 Å². The molecule has 0 bridgehead atoms. The van der Waals surface area contributed by atoms with Crippen LogP contribution in [0.3, 0.4) is 0 Å². The maximum atomic E-state index is 12.7. The second-order valence-corrected chi connectivity index (χ2v) is 6.54. The van der Waals surface area contributed by atoms with E-state index < -0.39 is 0 Å². The molecule has 130 valence electrons. The number of tetrazole rings is 1. The lowest BCUT2D eigenvalue weighted by Crippen LogP contribution is -2.34.